The van der Waals surface area contributed by atoms with E-state index in [4.69, 9.17) is 4.74 Å². The lowest BCUT2D eigenvalue weighted by atomic mass is 10.2. The van der Waals surface area contributed by atoms with Gasteiger partial charge < -0.3 is 15.0 Å². The molecule has 7 nitrogen and oxygen atoms in total. The molecule has 0 aliphatic carbocycles. The molecule has 1 aromatic carbocycles. The molecule has 0 bridgehead atoms. The van der Waals surface area contributed by atoms with E-state index in [0.717, 1.165) is 42.2 Å². The lowest BCUT2D eigenvalue weighted by molar-refractivity contribution is -0.120. The minimum atomic E-state index is -0.224. The Labute approximate surface area is 174 Å². The van der Waals surface area contributed by atoms with Crippen LogP contribution in [-0.4, -0.2) is 59.6 Å². The summed E-state index contributed by atoms with van der Waals surface area (Å²) in [4.78, 5) is 27.2. The van der Waals surface area contributed by atoms with Crippen LogP contribution in [0.5, 0.6) is 5.75 Å². The lowest BCUT2D eigenvalue weighted by Crippen LogP contribution is -2.53. The predicted octanol–water partition coefficient (Wildman–Crippen LogP) is 3.24. The topological polar surface area (TPSA) is 70.6 Å². The lowest BCUT2D eigenvalue weighted by Gasteiger charge is -2.38. The van der Waals surface area contributed by atoms with Gasteiger partial charge in [-0.3, -0.25) is 9.69 Å². The van der Waals surface area contributed by atoms with E-state index in [0.29, 0.717) is 18.0 Å². The maximum absolute atomic E-state index is 12.8. The van der Waals surface area contributed by atoms with E-state index in [1.54, 1.807) is 17.7 Å². The van der Waals surface area contributed by atoms with Crippen molar-refractivity contribution in [1.29, 1.82) is 0 Å². The monoisotopic (exact) mass is 411 g/mol. The zero-order valence-corrected chi connectivity index (χ0v) is 17.5. The highest BCUT2D eigenvalue weighted by molar-refractivity contribution is 7.16. The minimum absolute atomic E-state index is 0.0205. The largest absolute Gasteiger partial charge is 0.492 e. The highest BCUT2D eigenvalue weighted by atomic mass is 32.1. The quantitative estimate of drug-likeness (QED) is 0.672. The molecule has 1 aliphatic heterocycles. The first-order valence-electron chi connectivity index (χ1n) is 9.87. The molecule has 2 aromatic heterocycles. The second-order valence-corrected chi connectivity index (χ2v) is 7.85. The molecule has 1 unspecified atom stereocenters. The Morgan fingerprint density at radius 3 is 2.79 bits per heavy atom. The second kappa shape index (κ2) is 8.75. The van der Waals surface area contributed by atoms with Crippen molar-refractivity contribution in [3.8, 4) is 5.75 Å². The normalized spacial score (nSPS) is 16.0. The van der Waals surface area contributed by atoms with E-state index < -0.39 is 0 Å². The van der Waals surface area contributed by atoms with Crippen molar-refractivity contribution in [3.05, 3.63) is 42.0 Å². The molecule has 1 saturated heterocycles. The number of nitrogens with zero attached hydrogens (tertiary/aromatic N) is 4. The van der Waals surface area contributed by atoms with Crippen molar-refractivity contribution in [2.75, 3.05) is 43.0 Å². The maximum Gasteiger partial charge on any atom is 0.241 e. The van der Waals surface area contributed by atoms with Crippen molar-refractivity contribution in [3.63, 3.8) is 0 Å². The number of thiophene rings is 1. The third kappa shape index (κ3) is 4.18. The number of hydrogen-bond donors (Lipinski definition) is 1. The van der Waals surface area contributed by atoms with E-state index in [9.17, 15) is 4.79 Å². The van der Waals surface area contributed by atoms with E-state index in [1.807, 2.05) is 43.5 Å². The summed E-state index contributed by atoms with van der Waals surface area (Å²) >= 11 is 1.63. The van der Waals surface area contributed by atoms with Crippen LogP contribution in [0.3, 0.4) is 0 Å². The molecule has 0 saturated carbocycles. The molecule has 1 fully saturated rings. The number of amides is 1. The van der Waals surface area contributed by atoms with Gasteiger partial charge in [-0.15, -0.1) is 11.3 Å². The summed E-state index contributed by atoms with van der Waals surface area (Å²) in [5.41, 5.74) is 0.714. The Morgan fingerprint density at radius 1 is 1.21 bits per heavy atom. The van der Waals surface area contributed by atoms with Gasteiger partial charge in [0.05, 0.1) is 23.7 Å². The van der Waals surface area contributed by atoms with Crippen molar-refractivity contribution < 1.29 is 9.53 Å². The van der Waals surface area contributed by atoms with E-state index >= 15 is 0 Å². The van der Waals surface area contributed by atoms with Gasteiger partial charge in [-0.05, 0) is 37.4 Å². The van der Waals surface area contributed by atoms with Gasteiger partial charge in [0.15, 0.2) is 0 Å². The van der Waals surface area contributed by atoms with Gasteiger partial charge >= 0.3 is 0 Å². The zero-order valence-electron chi connectivity index (χ0n) is 16.7. The minimum Gasteiger partial charge on any atom is -0.492 e. The Balaban J connectivity index is 1.38. The second-order valence-electron chi connectivity index (χ2n) is 6.95. The third-order valence-electron chi connectivity index (χ3n) is 5.23. The van der Waals surface area contributed by atoms with E-state index in [-0.39, 0.29) is 11.9 Å². The molecule has 1 aliphatic rings. The number of aromatic nitrogens is 2. The molecule has 8 heteroatoms. The number of nitrogens with one attached hydrogen (secondary N) is 1. The summed E-state index contributed by atoms with van der Waals surface area (Å²) in [6.07, 6.45) is 1.63. The summed E-state index contributed by atoms with van der Waals surface area (Å²) in [7, 11) is 0. The molecule has 1 atom stereocenters. The number of rotatable bonds is 6. The van der Waals surface area contributed by atoms with E-state index in [2.05, 4.69) is 31.2 Å². The average molecular weight is 412 g/mol. The fourth-order valence-corrected chi connectivity index (χ4v) is 4.33. The van der Waals surface area contributed by atoms with Gasteiger partial charge in [-0.2, -0.15) is 0 Å². The van der Waals surface area contributed by atoms with Gasteiger partial charge in [-0.25, -0.2) is 9.97 Å². The number of carbonyl (C=O) groups excluding carboxylic acids is 1. The van der Waals surface area contributed by atoms with Crippen molar-refractivity contribution >= 4 is 39.0 Å². The third-order valence-corrected chi connectivity index (χ3v) is 6.05. The van der Waals surface area contributed by atoms with Crippen molar-refractivity contribution in [1.82, 2.24) is 14.9 Å². The van der Waals surface area contributed by atoms with Crippen molar-refractivity contribution in [2.45, 2.75) is 19.9 Å². The Kier molecular flexibility index (Phi) is 5.92. The van der Waals surface area contributed by atoms with Gasteiger partial charge in [0, 0.05) is 26.2 Å². The Bertz CT molecular complexity index is 984. The van der Waals surface area contributed by atoms with Crippen LogP contribution >= 0.6 is 11.3 Å². The van der Waals surface area contributed by atoms with Gasteiger partial charge in [-0.1, -0.05) is 12.1 Å². The van der Waals surface area contributed by atoms with Crippen LogP contribution in [0.1, 0.15) is 13.8 Å². The molecule has 4 rings (SSSR count). The highest BCUT2D eigenvalue weighted by Crippen LogP contribution is 2.28. The molecule has 152 valence electrons. The predicted molar refractivity (Wildman–Crippen MR) is 117 cm³/mol. The maximum atomic E-state index is 12.8. The molecular weight excluding hydrogens is 386 g/mol. The van der Waals surface area contributed by atoms with Gasteiger partial charge in [0.2, 0.25) is 5.91 Å². The summed E-state index contributed by atoms with van der Waals surface area (Å²) < 4.78 is 5.61. The number of carbonyl (C=O) groups is 1. The molecule has 3 aromatic rings. The van der Waals surface area contributed by atoms with E-state index in [1.165, 1.54) is 0 Å². The number of fused-ring (bicyclic) bond motifs is 1. The van der Waals surface area contributed by atoms with Crippen LogP contribution < -0.4 is 15.0 Å². The molecule has 1 N–H and O–H groups in total. The summed E-state index contributed by atoms with van der Waals surface area (Å²) in [6, 6.07) is 9.39. The number of anilines is 2. The Morgan fingerprint density at radius 2 is 2.00 bits per heavy atom. The Hall–Kier alpha value is -2.71. The molecule has 3 heterocycles. The van der Waals surface area contributed by atoms with Crippen LogP contribution in [0.2, 0.25) is 0 Å². The molecule has 1 amide bonds. The SMILES string of the molecule is CCOc1ccccc1NC(=O)C(C)N1CCN(c2ncnc3sccc23)CC1. The number of ether oxygens (including phenoxy) is 1. The number of para-hydroxylation sites is 2. The van der Waals surface area contributed by atoms with Gasteiger partial charge in [0.25, 0.3) is 0 Å². The summed E-state index contributed by atoms with van der Waals surface area (Å²) in [6.45, 7) is 7.71. The number of hydrogen-bond acceptors (Lipinski definition) is 7. The first kappa shape index (κ1) is 19.6. The highest BCUT2D eigenvalue weighted by Gasteiger charge is 2.27. The summed E-state index contributed by atoms with van der Waals surface area (Å²) in [5, 5.41) is 6.17. The van der Waals surface area contributed by atoms with Gasteiger partial charge in [0.1, 0.15) is 22.7 Å². The van der Waals surface area contributed by atoms with Crippen LogP contribution in [0.25, 0.3) is 10.2 Å². The molecule has 0 radical (unpaired) electrons. The van der Waals surface area contributed by atoms with Crippen molar-refractivity contribution in [2.24, 2.45) is 0 Å². The van der Waals surface area contributed by atoms with Crippen LogP contribution in [0.4, 0.5) is 11.5 Å². The fraction of sp³-hybridized carbons (Fsp3) is 0.381. The summed E-state index contributed by atoms with van der Waals surface area (Å²) in [5.74, 6) is 1.66. The van der Waals surface area contributed by atoms with Crippen LogP contribution in [0.15, 0.2) is 42.0 Å². The number of piperazine rings is 1. The fourth-order valence-electron chi connectivity index (χ4n) is 3.60. The first-order valence-corrected chi connectivity index (χ1v) is 10.7. The number of benzene rings is 1. The standard InChI is InChI=1S/C21H25N5O2S/c1-3-28-18-7-5-4-6-17(18)24-20(27)15(2)25-9-11-26(12-10-25)19-16-8-13-29-21(16)23-14-22-19/h4-8,13-15H,3,9-12H2,1-2H3,(H,24,27). The molecule has 29 heavy (non-hydrogen) atoms. The van der Waals surface area contributed by atoms with Crippen LogP contribution in [-0.2, 0) is 4.79 Å². The molecule has 0 spiro atoms. The zero-order chi connectivity index (χ0) is 20.2. The first-order chi connectivity index (χ1) is 14.2. The average Bonchev–Trinajstić information content (AvgIpc) is 3.24. The molecular formula is C21H25N5O2S. The van der Waals surface area contributed by atoms with Crippen LogP contribution in [0, 0.1) is 0 Å². The smallest absolute Gasteiger partial charge is 0.241 e.